The standard InChI is InChI=1S/C14H23NO2/c1-12-5-6-14(13(11-12)7-8-15)17-10-4-3-9-16-2/h5-6,11H,3-4,7-10,15H2,1-2H3. The van der Waals surface area contributed by atoms with Crippen LogP contribution in [0.25, 0.3) is 0 Å². The molecule has 96 valence electrons. The van der Waals surface area contributed by atoms with Crippen molar-refractivity contribution in [1.29, 1.82) is 0 Å². The van der Waals surface area contributed by atoms with Gasteiger partial charge in [0.25, 0.3) is 0 Å². The zero-order chi connectivity index (χ0) is 12.5. The van der Waals surface area contributed by atoms with Gasteiger partial charge in [-0.25, -0.2) is 0 Å². The summed E-state index contributed by atoms with van der Waals surface area (Å²) in [4.78, 5) is 0. The summed E-state index contributed by atoms with van der Waals surface area (Å²) >= 11 is 0. The second-order valence-electron chi connectivity index (χ2n) is 4.20. The lowest BCUT2D eigenvalue weighted by Crippen LogP contribution is -2.06. The predicted octanol–water partition coefficient (Wildman–Crippen LogP) is 2.30. The molecule has 1 aromatic carbocycles. The molecule has 0 amide bonds. The van der Waals surface area contributed by atoms with Crippen LogP contribution < -0.4 is 10.5 Å². The van der Waals surface area contributed by atoms with E-state index in [1.807, 2.05) is 6.07 Å². The average molecular weight is 237 g/mol. The van der Waals surface area contributed by atoms with Crippen LogP contribution in [0.5, 0.6) is 5.75 Å². The molecule has 1 aromatic rings. The molecule has 2 N–H and O–H groups in total. The van der Waals surface area contributed by atoms with Crippen molar-refractivity contribution in [2.24, 2.45) is 5.73 Å². The number of rotatable bonds is 8. The van der Waals surface area contributed by atoms with Crippen molar-refractivity contribution >= 4 is 0 Å². The van der Waals surface area contributed by atoms with Gasteiger partial charge in [0.05, 0.1) is 6.61 Å². The molecule has 0 saturated carbocycles. The van der Waals surface area contributed by atoms with E-state index >= 15 is 0 Å². The smallest absolute Gasteiger partial charge is 0.122 e. The summed E-state index contributed by atoms with van der Waals surface area (Å²) in [5.74, 6) is 0.971. The van der Waals surface area contributed by atoms with Crippen LogP contribution in [-0.2, 0) is 11.2 Å². The minimum Gasteiger partial charge on any atom is -0.493 e. The molecule has 0 fully saturated rings. The molecule has 3 heteroatoms. The molecule has 0 heterocycles. The number of ether oxygens (including phenoxy) is 2. The Morgan fingerprint density at radius 1 is 1.18 bits per heavy atom. The molecule has 0 spiro atoms. The fourth-order valence-electron chi connectivity index (χ4n) is 1.73. The Balaban J connectivity index is 2.45. The Bertz CT molecular complexity index is 326. The van der Waals surface area contributed by atoms with Crippen LogP contribution >= 0.6 is 0 Å². The summed E-state index contributed by atoms with van der Waals surface area (Å²) in [5, 5.41) is 0. The first kappa shape index (κ1) is 14.0. The lowest BCUT2D eigenvalue weighted by molar-refractivity contribution is 0.184. The van der Waals surface area contributed by atoms with Gasteiger partial charge in [-0.1, -0.05) is 17.7 Å². The molecule has 0 bridgehead atoms. The fraction of sp³-hybridized carbons (Fsp3) is 0.571. The van der Waals surface area contributed by atoms with Gasteiger partial charge in [-0.2, -0.15) is 0 Å². The van der Waals surface area contributed by atoms with Crippen molar-refractivity contribution in [2.45, 2.75) is 26.2 Å². The van der Waals surface area contributed by atoms with E-state index in [4.69, 9.17) is 15.2 Å². The minimum atomic E-state index is 0.656. The number of nitrogens with two attached hydrogens (primary N) is 1. The summed E-state index contributed by atoms with van der Waals surface area (Å²) in [5.41, 5.74) is 8.06. The van der Waals surface area contributed by atoms with E-state index < -0.39 is 0 Å². The quantitative estimate of drug-likeness (QED) is 0.706. The molecular weight excluding hydrogens is 214 g/mol. The largest absolute Gasteiger partial charge is 0.493 e. The maximum atomic E-state index is 5.78. The van der Waals surface area contributed by atoms with Crippen molar-refractivity contribution in [1.82, 2.24) is 0 Å². The molecule has 0 aliphatic rings. The van der Waals surface area contributed by atoms with Crippen molar-refractivity contribution < 1.29 is 9.47 Å². The fourth-order valence-corrected chi connectivity index (χ4v) is 1.73. The monoisotopic (exact) mass is 237 g/mol. The van der Waals surface area contributed by atoms with Crippen molar-refractivity contribution in [2.75, 3.05) is 26.9 Å². The van der Waals surface area contributed by atoms with Crippen LogP contribution in [0, 0.1) is 6.92 Å². The van der Waals surface area contributed by atoms with Gasteiger partial charge < -0.3 is 15.2 Å². The summed E-state index contributed by atoms with van der Waals surface area (Å²) in [6.07, 6.45) is 2.92. The van der Waals surface area contributed by atoms with Gasteiger partial charge in [-0.3, -0.25) is 0 Å². The van der Waals surface area contributed by atoms with Crippen LogP contribution in [0.15, 0.2) is 18.2 Å². The number of aryl methyl sites for hydroxylation is 1. The van der Waals surface area contributed by atoms with Crippen LogP contribution in [0.2, 0.25) is 0 Å². The molecule has 0 atom stereocenters. The molecule has 3 nitrogen and oxygen atoms in total. The highest BCUT2D eigenvalue weighted by Crippen LogP contribution is 2.20. The SMILES string of the molecule is COCCCCOc1ccc(C)cc1CCN. The highest BCUT2D eigenvalue weighted by Gasteiger charge is 2.03. The van der Waals surface area contributed by atoms with Crippen LogP contribution in [-0.4, -0.2) is 26.9 Å². The summed E-state index contributed by atoms with van der Waals surface area (Å²) in [7, 11) is 1.72. The molecular formula is C14H23NO2. The maximum absolute atomic E-state index is 5.78. The van der Waals surface area contributed by atoms with Gasteiger partial charge in [0.2, 0.25) is 0 Å². The third-order valence-electron chi connectivity index (χ3n) is 2.63. The first-order chi connectivity index (χ1) is 8.27. The lowest BCUT2D eigenvalue weighted by atomic mass is 10.1. The Morgan fingerprint density at radius 3 is 2.65 bits per heavy atom. The van der Waals surface area contributed by atoms with Gasteiger partial charge in [-0.05, 0) is 44.4 Å². The van der Waals surface area contributed by atoms with Gasteiger partial charge in [0, 0.05) is 13.7 Å². The molecule has 0 unspecified atom stereocenters. The molecule has 17 heavy (non-hydrogen) atoms. The van der Waals surface area contributed by atoms with E-state index in [1.165, 1.54) is 11.1 Å². The molecule has 0 saturated heterocycles. The van der Waals surface area contributed by atoms with Crippen LogP contribution in [0.4, 0.5) is 0 Å². The minimum absolute atomic E-state index is 0.656. The van der Waals surface area contributed by atoms with Crippen molar-refractivity contribution in [3.63, 3.8) is 0 Å². The number of hydrogen-bond acceptors (Lipinski definition) is 3. The Labute approximate surface area is 104 Å². The summed E-state index contributed by atoms with van der Waals surface area (Å²) in [6, 6.07) is 6.26. The second kappa shape index (κ2) is 8.09. The summed E-state index contributed by atoms with van der Waals surface area (Å²) < 4.78 is 10.8. The van der Waals surface area contributed by atoms with Gasteiger partial charge >= 0.3 is 0 Å². The van der Waals surface area contributed by atoms with E-state index in [-0.39, 0.29) is 0 Å². The third kappa shape index (κ3) is 5.20. The number of unbranched alkanes of at least 4 members (excludes halogenated alkanes) is 1. The van der Waals surface area contributed by atoms with E-state index in [2.05, 4.69) is 19.1 Å². The van der Waals surface area contributed by atoms with Crippen molar-refractivity contribution in [3.05, 3.63) is 29.3 Å². The van der Waals surface area contributed by atoms with E-state index in [0.29, 0.717) is 6.54 Å². The molecule has 0 aliphatic heterocycles. The third-order valence-corrected chi connectivity index (χ3v) is 2.63. The maximum Gasteiger partial charge on any atom is 0.122 e. The van der Waals surface area contributed by atoms with Crippen molar-refractivity contribution in [3.8, 4) is 5.75 Å². The molecule has 1 rings (SSSR count). The number of benzene rings is 1. The van der Waals surface area contributed by atoms with E-state index in [0.717, 1.165) is 38.2 Å². The van der Waals surface area contributed by atoms with Gasteiger partial charge in [0.1, 0.15) is 5.75 Å². The Morgan fingerprint density at radius 2 is 1.94 bits per heavy atom. The molecule has 0 aliphatic carbocycles. The zero-order valence-electron chi connectivity index (χ0n) is 10.9. The van der Waals surface area contributed by atoms with Gasteiger partial charge in [-0.15, -0.1) is 0 Å². The zero-order valence-corrected chi connectivity index (χ0v) is 10.9. The Hall–Kier alpha value is -1.06. The van der Waals surface area contributed by atoms with E-state index in [9.17, 15) is 0 Å². The van der Waals surface area contributed by atoms with Gasteiger partial charge in [0.15, 0.2) is 0 Å². The lowest BCUT2D eigenvalue weighted by Gasteiger charge is -2.11. The predicted molar refractivity (Wildman–Crippen MR) is 70.5 cm³/mol. The van der Waals surface area contributed by atoms with Crippen LogP contribution in [0.1, 0.15) is 24.0 Å². The highest BCUT2D eigenvalue weighted by molar-refractivity contribution is 5.37. The first-order valence-corrected chi connectivity index (χ1v) is 6.19. The molecule has 0 aromatic heterocycles. The number of methoxy groups -OCH3 is 1. The highest BCUT2D eigenvalue weighted by atomic mass is 16.5. The normalized spacial score (nSPS) is 10.5. The average Bonchev–Trinajstić information content (AvgIpc) is 2.32. The second-order valence-corrected chi connectivity index (χ2v) is 4.20. The number of hydrogen-bond donors (Lipinski definition) is 1. The Kier molecular flexibility index (Phi) is 6.67. The van der Waals surface area contributed by atoms with Crippen LogP contribution in [0.3, 0.4) is 0 Å². The molecule has 0 radical (unpaired) electrons. The van der Waals surface area contributed by atoms with E-state index in [1.54, 1.807) is 7.11 Å². The topological polar surface area (TPSA) is 44.5 Å². The first-order valence-electron chi connectivity index (χ1n) is 6.19. The summed E-state index contributed by atoms with van der Waals surface area (Å²) in [6.45, 7) is 4.28.